The first-order valence-electron chi connectivity index (χ1n) is 4.10. The van der Waals surface area contributed by atoms with Crippen LogP contribution in [0, 0.1) is 0 Å². The van der Waals surface area contributed by atoms with Crippen molar-refractivity contribution in [2.24, 2.45) is 0 Å². The molecule has 5 heteroatoms. The second-order valence-electron chi connectivity index (χ2n) is 2.95. The Morgan fingerprint density at radius 1 is 1.57 bits per heavy atom. The monoisotopic (exact) mass is 278 g/mol. The molecule has 76 valence electrons. The number of aliphatic hydroxyl groups excluding tert-OH is 1. The molecule has 1 atom stereocenters. The van der Waals surface area contributed by atoms with Gasteiger partial charge in [-0.25, -0.2) is 0 Å². The van der Waals surface area contributed by atoms with Gasteiger partial charge in [-0.2, -0.15) is 0 Å². The number of hydrogen-bond donors (Lipinski definition) is 1. The molecule has 0 saturated heterocycles. The largest absolute Gasteiger partial charge is 0.485 e. The summed E-state index contributed by atoms with van der Waals surface area (Å²) in [6.07, 6.45) is -0.312. The van der Waals surface area contributed by atoms with E-state index in [1.54, 1.807) is 12.1 Å². The molecule has 0 bridgehead atoms. The Hall–Kier alpha value is -0.450. The molecule has 1 aromatic carbocycles. The fourth-order valence-corrected chi connectivity index (χ4v) is 2.14. The van der Waals surface area contributed by atoms with Crippen molar-refractivity contribution >= 4 is 27.5 Å². The number of halogens is 2. The molecule has 1 heterocycles. The maximum atomic E-state index is 8.91. The van der Waals surface area contributed by atoms with E-state index in [0.717, 1.165) is 4.47 Å². The number of aliphatic hydroxyl groups is 1. The highest BCUT2D eigenvalue weighted by molar-refractivity contribution is 9.10. The number of benzene rings is 1. The van der Waals surface area contributed by atoms with E-state index in [1.165, 1.54) is 0 Å². The maximum Gasteiger partial charge on any atom is 0.175 e. The van der Waals surface area contributed by atoms with E-state index in [-0.39, 0.29) is 12.7 Å². The Labute approximate surface area is 94.7 Å². The third kappa shape index (κ3) is 1.82. The standard InChI is InChI=1S/C9H8BrClO3/c10-7-1-5(11)2-8-9(7)13-4-6(3-12)14-8/h1-2,6,12H,3-4H2/t6-/m1/s1. The molecule has 0 aromatic heterocycles. The van der Waals surface area contributed by atoms with Crippen LogP contribution in [0.2, 0.25) is 5.02 Å². The van der Waals surface area contributed by atoms with Gasteiger partial charge in [0.2, 0.25) is 0 Å². The topological polar surface area (TPSA) is 38.7 Å². The lowest BCUT2D eigenvalue weighted by Crippen LogP contribution is -2.32. The van der Waals surface area contributed by atoms with E-state index in [0.29, 0.717) is 23.1 Å². The predicted molar refractivity (Wildman–Crippen MR) is 56.1 cm³/mol. The van der Waals surface area contributed by atoms with Gasteiger partial charge >= 0.3 is 0 Å². The number of rotatable bonds is 1. The molecule has 1 aromatic rings. The van der Waals surface area contributed by atoms with Crippen molar-refractivity contribution in [3.8, 4) is 11.5 Å². The lowest BCUT2D eigenvalue weighted by Gasteiger charge is -2.25. The zero-order chi connectivity index (χ0) is 10.1. The number of fused-ring (bicyclic) bond motifs is 1. The quantitative estimate of drug-likeness (QED) is 0.857. The molecule has 0 radical (unpaired) electrons. The van der Waals surface area contributed by atoms with Crippen LogP contribution in [0.25, 0.3) is 0 Å². The fraction of sp³-hybridized carbons (Fsp3) is 0.333. The van der Waals surface area contributed by atoms with E-state index in [4.69, 9.17) is 26.2 Å². The van der Waals surface area contributed by atoms with E-state index >= 15 is 0 Å². The molecule has 0 saturated carbocycles. The van der Waals surface area contributed by atoms with Crippen LogP contribution in [0.5, 0.6) is 11.5 Å². The van der Waals surface area contributed by atoms with Crippen molar-refractivity contribution in [1.29, 1.82) is 0 Å². The second kappa shape index (κ2) is 3.96. The van der Waals surface area contributed by atoms with Crippen LogP contribution >= 0.6 is 27.5 Å². The molecule has 0 unspecified atom stereocenters. The summed E-state index contributed by atoms with van der Waals surface area (Å²) >= 11 is 9.17. The zero-order valence-corrected chi connectivity index (χ0v) is 9.51. The highest BCUT2D eigenvalue weighted by Crippen LogP contribution is 2.40. The van der Waals surface area contributed by atoms with Gasteiger partial charge in [0.05, 0.1) is 11.1 Å². The Morgan fingerprint density at radius 2 is 2.36 bits per heavy atom. The van der Waals surface area contributed by atoms with E-state index in [2.05, 4.69) is 15.9 Å². The molecule has 0 fully saturated rings. The average molecular weight is 280 g/mol. The molecule has 1 aliphatic heterocycles. The fourth-order valence-electron chi connectivity index (χ4n) is 1.24. The lowest BCUT2D eigenvalue weighted by molar-refractivity contribution is 0.0451. The van der Waals surface area contributed by atoms with Crippen molar-refractivity contribution < 1.29 is 14.6 Å². The van der Waals surface area contributed by atoms with Gasteiger partial charge in [0, 0.05) is 11.1 Å². The smallest absolute Gasteiger partial charge is 0.175 e. The highest BCUT2D eigenvalue weighted by atomic mass is 79.9. The van der Waals surface area contributed by atoms with Gasteiger partial charge in [0.25, 0.3) is 0 Å². The van der Waals surface area contributed by atoms with Crippen LogP contribution in [-0.2, 0) is 0 Å². The summed E-state index contributed by atoms with van der Waals surface area (Å²) in [7, 11) is 0. The van der Waals surface area contributed by atoms with Crippen LogP contribution in [0.15, 0.2) is 16.6 Å². The van der Waals surface area contributed by atoms with Crippen LogP contribution < -0.4 is 9.47 Å². The SMILES string of the molecule is OC[C@@H]1COc2c(Br)cc(Cl)cc2O1. The normalized spacial score (nSPS) is 19.5. The predicted octanol–water partition coefficient (Wildman–Crippen LogP) is 2.23. The highest BCUT2D eigenvalue weighted by Gasteiger charge is 2.22. The summed E-state index contributed by atoms with van der Waals surface area (Å²) in [6, 6.07) is 3.41. The van der Waals surface area contributed by atoms with Crippen LogP contribution in [0.4, 0.5) is 0 Å². The molecular weight excluding hydrogens is 271 g/mol. The molecule has 0 aliphatic carbocycles. The van der Waals surface area contributed by atoms with Gasteiger partial charge in [0.1, 0.15) is 6.61 Å². The minimum atomic E-state index is -0.312. The first kappa shape index (κ1) is 10.1. The zero-order valence-electron chi connectivity index (χ0n) is 7.17. The van der Waals surface area contributed by atoms with Gasteiger partial charge in [-0.1, -0.05) is 11.6 Å². The van der Waals surface area contributed by atoms with Crippen LogP contribution in [0.3, 0.4) is 0 Å². The van der Waals surface area contributed by atoms with Crippen molar-refractivity contribution in [3.63, 3.8) is 0 Å². The van der Waals surface area contributed by atoms with E-state index in [9.17, 15) is 0 Å². The molecule has 2 rings (SSSR count). The number of hydrogen-bond acceptors (Lipinski definition) is 3. The lowest BCUT2D eigenvalue weighted by atomic mass is 10.2. The molecule has 1 aliphatic rings. The van der Waals surface area contributed by atoms with Gasteiger partial charge in [-0.15, -0.1) is 0 Å². The summed E-state index contributed by atoms with van der Waals surface area (Å²) in [6.45, 7) is 0.285. The van der Waals surface area contributed by atoms with Crippen molar-refractivity contribution in [1.82, 2.24) is 0 Å². The first-order valence-corrected chi connectivity index (χ1v) is 5.27. The summed E-state index contributed by atoms with van der Waals surface area (Å²) in [5.74, 6) is 1.20. The Morgan fingerprint density at radius 3 is 3.07 bits per heavy atom. The average Bonchev–Trinajstić information content (AvgIpc) is 2.16. The van der Waals surface area contributed by atoms with E-state index < -0.39 is 0 Å². The summed E-state index contributed by atoms with van der Waals surface area (Å²) in [5, 5.41) is 9.47. The first-order chi connectivity index (χ1) is 6.70. The maximum absolute atomic E-state index is 8.91. The summed E-state index contributed by atoms with van der Waals surface area (Å²) < 4.78 is 11.6. The minimum Gasteiger partial charge on any atom is -0.485 e. The molecule has 3 nitrogen and oxygen atoms in total. The molecular formula is C9H8BrClO3. The van der Waals surface area contributed by atoms with E-state index in [1.807, 2.05) is 0 Å². The van der Waals surface area contributed by atoms with Crippen molar-refractivity contribution in [2.45, 2.75) is 6.10 Å². The third-order valence-electron chi connectivity index (χ3n) is 1.89. The van der Waals surface area contributed by atoms with Crippen molar-refractivity contribution in [2.75, 3.05) is 13.2 Å². The molecule has 0 amide bonds. The Bertz CT molecular complexity index is 356. The van der Waals surface area contributed by atoms with Crippen LogP contribution in [-0.4, -0.2) is 24.4 Å². The molecule has 1 N–H and O–H groups in total. The summed E-state index contributed by atoms with van der Waals surface area (Å²) in [4.78, 5) is 0. The Kier molecular flexibility index (Phi) is 2.85. The van der Waals surface area contributed by atoms with Crippen molar-refractivity contribution in [3.05, 3.63) is 21.6 Å². The van der Waals surface area contributed by atoms with Gasteiger partial charge in [-0.3, -0.25) is 0 Å². The second-order valence-corrected chi connectivity index (χ2v) is 4.24. The van der Waals surface area contributed by atoms with Crippen LogP contribution in [0.1, 0.15) is 0 Å². The van der Waals surface area contributed by atoms with Gasteiger partial charge in [0.15, 0.2) is 17.6 Å². The minimum absolute atomic E-state index is 0.0659. The molecule has 14 heavy (non-hydrogen) atoms. The Balaban J connectivity index is 2.37. The van der Waals surface area contributed by atoms with Gasteiger partial charge in [-0.05, 0) is 22.0 Å². The number of ether oxygens (including phenoxy) is 2. The molecule has 0 spiro atoms. The summed E-state index contributed by atoms with van der Waals surface area (Å²) in [5.41, 5.74) is 0. The third-order valence-corrected chi connectivity index (χ3v) is 2.69. The van der Waals surface area contributed by atoms with Gasteiger partial charge < -0.3 is 14.6 Å².